The number of amides is 4. The average Bonchev–Trinajstić information content (AvgIpc) is 2.76. The second-order valence-electron chi connectivity index (χ2n) is 5.65. The van der Waals surface area contributed by atoms with Gasteiger partial charge in [0, 0.05) is 19.2 Å². The zero-order chi connectivity index (χ0) is 17.9. The molecule has 0 radical (unpaired) electrons. The third-order valence-corrected chi connectivity index (χ3v) is 3.97. The Morgan fingerprint density at radius 2 is 2.08 bits per heavy atom. The smallest absolute Gasteiger partial charge is 0.325 e. The predicted molar refractivity (Wildman–Crippen MR) is 81.9 cm³/mol. The van der Waals surface area contributed by atoms with Crippen LogP contribution in [0.2, 0.25) is 0 Å². The summed E-state index contributed by atoms with van der Waals surface area (Å²) in [6.07, 6.45) is 0.148. The molecule has 1 atom stereocenters. The molecule has 1 aliphatic rings. The Morgan fingerprint density at radius 1 is 1.42 bits per heavy atom. The standard InChI is InChI=1S/C16H17FN4O3/c1-16(11-6-3-4-7-12(11)17)14(23)21(15(24)19-16)10-13(22)20(2)9-5-8-18/h3-4,6-7H,5,9-10H2,1-2H3,(H,19,24). The Labute approximate surface area is 138 Å². The molecule has 2 rings (SSSR count). The fourth-order valence-electron chi connectivity index (χ4n) is 2.49. The number of likely N-dealkylation sites (N-methyl/N-ethyl adjacent to an activating group) is 1. The second-order valence-corrected chi connectivity index (χ2v) is 5.65. The molecule has 1 N–H and O–H groups in total. The quantitative estimate of drug-likeness (QED) is 0.813. The Kier molecular flexibility index (Phi) is 4.83. The molecule has 0 aromatic heterocycles. The van der Waals surface area contributed by atoms with Crippen LogP contribution < -0.4 is 5.32 Å². The summed E-state index contributed by atoms with van der Waals surface area (Å²) in [5, 5.41) is 11.0. The van der Waals surface area contributed by atoms with E-state index >= 15 is 0 Å². The maximum atomic E-state index is 14.0. The number of carbonyl (C=O) groups excluding carboxylic acids is 3. The van der Waals surface area contributed by atoms with Crippen LogP contribution in [0.1, 0.15) is 18.9 Å². The van der Waals surface area contributed by atoms with Crippen molar-refractivity contribution in [2.24, 2.45) is 0 Å². The lowest BCUT2D eigenvalue weighted by molar-refractivity contribution is -0.138. The maximum Gasteiger partial charge on any atom is 0.325 e. The van der Waals surface area contributed by atoms with Gasteiger partial charge in [0.2, 0.25) is 5.91 Å². The Bertz CT molecular complexity index is 730. The largest absolute Gasteiger partial charge is 0.343 e. The number of nitriles is 1. The lowest BCUT2D eigenvalue weighted by atomic mass is 9.91. The van der Waals surface area contributed by atoms with Gasteiger partial charge in [-0.2, -0.15) is 5.26 Å². The van der Waals surface area contributed by atoms with Crippen molar-refractivity contribution >= 4 is 17.8 Å². The molecule has 1 fully saturated rings. The van der Waals surface area contributed by atoms with Crippen molar-refractivity contribution in [2.45, 2.75) is 18.9 Å². The highest BCUT2D eigenvalue weighted by atomic mass is 19.1. The van der Waals surface area contributed by atoms with Crippen LogP contribution in [0, 0.1) is 17.1 Å². The molecule has 0 spiro atoms. The zero-order valence-corrected chi connectivity index (χ0v) is 13.4. The van der Waals surface area contributed by atoms with Gasteiger partial charge in [0.15, 0.2) is 0 Å². The van der Waals surface area contributed by atoms with Gasteiger partial charge in [0.1, 0.15) is 17.9 Å². The summed E-state index contributed by atoms with van der Waals surface area (Å²) in [4.78, 5) is 38.8. The number of benzene rings is 1. The lowest BCUT2D eigenvalue weighted by Gasteiger charge is -2.23. The first-order valence-corrected chi connectivity index (χ1v) is 7.31. The normalized spacial score (nSPS) is 19.8. The first-order valence-electron chi connectivity index (χ1n) is 7.31. The molecule has 126 valence electrons. The Morgan fingerprint density at radius 3 is 2.71 bits per heavy atom. The molecule has 1 aromatic carbocycles. The zero-order valence-electron chi connectivity index (χ0n) is 13.4. The third kappa shape index (κ3) is 3.06. The molecule has 1 unspecified atom stereocenters. The fourth-order valence-corrected chi connectivity index (χ4v) is 2.49. The number of imide groups is 1. The van der Waals surface area contributed by atoms with Crippen molar-refractivity contribution in [2.75, 3.05) is 20.1 Å². The minimum Gasteiger partial charge on any atom is -0.343 e. The van der Waals surface area contributed by atoms with Gasteiger partial charge >= 0.3 is 6.03 Å². The van der Waals surface area contributed by atoms with E-state index in [4.69, 9.17) is 5.26 Å². The topological polar surface area (TPSA) is 93.5 Å². The average molecular weight is 332 g/mol. The molecule has 24 heavy (non-hydrogen) atoms. The number of urea groups is 1. The molecule has 4 amide bonds. The minimum absolute atomic E-state index is 0.0381. The monoisotopic (exact) mass is 332 g/mol. The van der Waals surface area contributed by atoms with Gasteiger partial charge in [-0.3, -0.25) is 14.5 Å². The van der Waals surface area contributed by atoms with Crippen molar-refractivity contribution in [3.8, 4) is 6.07 Å². The van der Waals surface area contributed by atoms with E-state index in [-0.39, 0.29) is 18.5 Å². The summed E-state index contributed by atoms with van der Waals surface area (Å²) in [7, 11) is 1.48. The van der Waals surface area contributed by atoms with Crippen LogP contribution >= 0.6 is 0 Å². The molecule has 0 bridgehead atoms. The number of hydrogen-bond donors (Lipinski definition) is 1. The van der Waals surface area contributed by atoms with E-state index in [9.17, 15) is 18.8 Å². The summed E-state index contributed by atoms with van der Waals surface area (Å²) in [6.45, 7) is 1.13. The van der Waals surface area contributed by atoms with Gasteiger partial charge in [-0.15, -0.1) is 0 Å². The second kappa shape index (κ2) is 6.66. The molecule has 1 aliphatic heterocycles. The maximum absolute atomic E-state index is 14.0. The number of nitrogens with one attached hydrogen (secondary N) is 1. The number of carbonyl (C=O) groups is 3. The molecular weight excluding hydrogens is 315 g/mol. The highest BCUT2D eigenvalue weighted by Gasteiger charge is 2.50. The molecule has 1 saturated heterocycles. The Balaban J connectivity index is 2.19. The SMILES string of the molecule is CN(CCC#N)C(=O)CN1C(=O)NC(C)(c2ccccc2F)C1=O. The first-order chi connectivity index (χ1) is 11.3. The number of hydrogen-bond acceptors (Lipinski definition) is 4. The van der Waals surface area contributed by atoms with Crippen LogP contribution in [0.3, 0.4) is 0 Å². The number of halogens is 1. The third-order valence-electron chi connectivity index (χ3n) is 3.97. The molecule has 0 aliphatic carbocycles. The molecule has 8 heteroatoms. The summed E-state index contributed by atoms with van der Waals surface area (Å²) >= 11 is 0. The van der Waals surface area contributed by atoms with Gasteiger partial charge in [0.25, 0.3) is 5.91 Å². The molecular formula is C16H17FN4O3. The van der Waals surface area contributed by atoms with Crippen LogP contribution in [0.4, 0.5) is 9.18 Å². The summed E-state index contributed by atoms with van der Waals surface area (Å²) in [6, 6.07) is 6.81. The molecule has 0 saturated carbocycles. The van der Waals surface area contributed by atoms with Gasteiger partial charge in [0.05, 0.1) is 12.5 Å². The van der Waals surface area contributed by atoms with Gasteiger partial charge < -0.3 is 10.2 Å². The predicted octanol–water partition coefficient (Wildman–Crippen LogP) is 0.965. The van der Waals surface area contributed by atoms with E-state index in [2.05, 4.69) is 5.32 Å². The van der Waals surface area contributed by atoms with Crippen LogP contribution in [-0.2, 0) is 15.1 Å². The van der Waals surface area contributed by atoms with E-state index in [0.717, 1.165) is 4.90 Å². The Hall–Kier alpha value is -2.95. The summed E-state index contributed by atoms with van der Waals surface area (Å²) < 4.78 is 14.0. The fraction of sp³-hybridized carbons (Fsp3) is 0.375. The number of nitrogens with zero attached hydrogens (tertiary/aromatic N) is 3. The highest BCUT2D eigenvalue weighted by molar-refractivity contribution is 6.09. The van der Waals surface area contributed by atoms with Gasteiger partial charge in [-0.05, 0) is 13.0 Å². The molecule has 1 heterocycles. The van der Waals surface area contributed by atoms with E-state index in [1.54, 1.807) is 6.07 Å². The van der Waals surface area contributed by atoms with Crippen LogP contribution in [0.25, 0.3) is 0 Å². The van der Waals surface area contributed by atoms with E-state index in [1.165, 1.54) is 37.1 Å². The summed E-state index contributed by atoms with van der Waals surface area (Å²) in [5.41, 5.74) is -1.52. The van der Waals surface area contributed by atoms with Crippen molar-refractivity contribution in [1.29, 1.82) is 5.26 Å². The number of rotatable bonds is 5. The van der Waals surface area contributed by atoms with Crippen LogP contribution in [-0.4, -0.2) is 47.8 Å². The molecule has 1 aromatic rings. The van der Waals surface area contributed by atoms with E-state index in [0.29, 0.717) is 0 Å². The minimum atomic E-state index is -1.56. The van der Waals surface area contributed by atoms with Crippen molar-refractivity contribution in [3.05, 3.63) is 35.6 Å². The van der Waals surface area contributed by atoms with Crippen molar-refractivity contribution in [3.63, 3.8) is 0 Å². The first kappa shape index (κ1) is 17.4. The van der Waals surface area contributed by atoms with Crippen LogP contribution in [0.5, 0.6) is 0 Å². The van der Waals surface area contributed by atoms with Crippen molar-refractivity contribution in [1.82, 2.24) is 15.1 Å². The van der Waals surface area contributed by atoms with Crippen LogP contribution in [0.15, 0.2) is 24.3 Å². The lowest BCUT2D eigenvalue weighted by Crippen LogP contribution is -2.44. The highest BCUT2D eigenvalue weighted by Crippen LogP contribution is 2.30. The summed E-state index contributed by atoms with van der Waals surface area (Å²) in [5.74, 6) is -1.79. The van der Waals surface area contributed by atoms with E-state index < -0.39 is 35.7 Å². The molecule has 7 nitrogen and oxygen atoms in total. The van der Waals surface area contributed by atoms with Crippen molar-refractivity contribution < 1.29 is 18.8 Å². The van der Waals surface area contributed by atoms with Gasteiger partial charge in [-0.1, -0.05) is 18.2 Å². The van der Waals surface area contributed by atoms with Gasteiger partial charge in [-0.25, -0.2) is 9.18 Å². The van der Waals surface area contributed by atoms with E-state index in [1.807, 2.05) is 6.07 Å².